The van der Waals surface area contributed by atoms with Crippen molar-refractivity contribution in [1.29, 1.82) is 0 Å². The lowest BCUT2D eigenvalue weighted by atomic mass is 10.1. The Morgan fingerprint density at radius 2 is 1.29 bits per heavy atom. The second kappa shape index (κ2) is 17.0. The van der Waals surface area contributed by atoms with Crippen LogP contribution in [0.3, 0.4) is 0 Å². The van der Waals surface area contributed by atoms with Crippen molar-refractivity contribution in [2.24, 2.45) is 0 Å². The van der Waals surface area contributed by atoms with Gasteiger partial charge >= 0.3 is 5.97 Å². The highest BCUT2D eigenvalue weighted by Gasteiger charge is 2.02. The van der Waals surface area contributed by atoms with Crippen LogP contribution in [0, 0.1) is 0 Å². The van der Waals surface area contributed by atoms with Crippen LogP contribution in [0.25, 0.3) is 0 Å². The molecular weight excluding hydrogens is 260 g/mol. The van der Waals surface area contributed by atoms with Crippen molar-refractivity contribution in [3.05, 3.63) is 24.3 Å². The highest BCUT2D eigenvalue weighted by atomic mass is 16.5. The van der Waals surface area contributed by atoms with E-state index in [9.17, 15) is 4.79 Å². The van der Waals surface area contributed by atoms with Gasteiger partial charge < -0.3 is 4.74 Å². The van der Waals surface area contributed by atoms with Gasteiger partial charge in [-0.1, -0.05) is 50.0 Å². The average Bonchev–Trinajstić information content (AvgIpc) is 2.49. The van der Waals surface area contributed by atoms with Crippen molar-refractivity contribution >= 4 is 5.97 Å². The Bertz CT molecular complexity index is 279. The van der Waals surface area contributed by atoms with E-state index >= 15 is 0 Å². The third-order valence-corrected chi connectivity index (χ3v) is 3.50. The molecule has 0 N–H and O–H groups in total. The average molecular weight is 294 g/mol. The molecule has 0 bridgehead atoms. The van der Waals surface area contributed by atoms with Gasteiger partial charge in [-0.15, -0.1) is 0 Å². The Labute approximate surface area is 131 Å². The zero-order chi connectivity index (χ0) is 15.6. The number of carbonyl (C=O) groups excluding carboxylic acids is 1. The maximum Gasteiger partial charge on any atom is 0.305 e. The van der Waals surface area contributed by atoms with E-state index in [0.717, 1.165) is 32.1 Å². The molecule has 0 aromatic rings. The van der Waals surface area contributed by atoms with Crippen LogP contribution in [-0.4, -0.2) is 12.6 Å². The number of allylic oxidation sites excluding steroid dienone is 4. The molecule has 0 radical (unpaired) electrons. The third-order valence-electron chi connectivity index (χ3n) is 3.50. The molecule has 0 fully saturated rings. The first kappa shape index (κ1) is 19.9. The zero-order valence-corrected chi connectivity index (χ0v) is 14.1. The number of hydrogen-bond acceptors (Lipinski definition) is 2. The van der Waals surface area contributed by atoms with Crippen LogP contribution >= 0.6 is 0 Å². The van der Waals surface area contributed by atoms with Gasteiger partial charge in [-0.3, -0.25) is 4.79 Å². The normalized spacial score (nSPS) is 11.5. The minimum absolute atomic E-state index is 0.0193. The topological polar surface area (TPSA) is 26.3 Å². The number of hydrogen-bond donors (Lipinski definition) is 0. The minimum Gasteiger partial charge on any atom is -0.466 e. The van der Waals surface area contributed by atoms with Gasteiger partial charge in [-0.25, -0.2) is 0 Å². The fraction of sp³-hybridized carbons (Fsp3) is 0.737. The van der Waals surface area contributed by atoms with Crippen molar-refractivity contribution in [2.45, 2.75) is 84.5 Å². The maximum atomic E-state index is 11.5. The minimum atomic E-state index is -0.0193. The van der Waals surface area contributed by atoms with E-state index < -0.39 is 0 Å². The smallest absolute Gasteiger partial charge is 0.305 e. The summed E-state index contributed by atoms with van der Waals surface area (Å²) >= 11 is 0. The lowest BCUT2D eigenvalue weighted by molar-refractivity contribution is -0.143. The molecule has 21 heavy (non-hydrogen) atoms. The number of unbranched alkanes of at least 4 members (excludes halogenated alkanes) is 8. The van der Waals surface area contributed by atoms with Crippen molar-refractivity contribution in [3.8, 4) is 0 Å². The molecule has 0 aromatic heterocycles. The fourth-order valence-electron chi connectivity index (χ4n) is 2.19. The molecule has 0 saturated carbocycles. The van der Waals surface area contributed by atoms with Crippen molar-refractivity contribution in [3.63, 3.8) is 0 Å². The van der Waals surface area contributed by atoms with E-state index in [1.807, 2.05) is 6.92 Å². The summed E-state index contributed by atoms with van der Waals surface area (Å²) in [5.41, 5.74) is 0. The summed E-state index contributed by atoms with van der Waals surface area (Å²) in [5.74, 6) is -0.0193. The van der Waals surface area contributed by atoms with Crippen LogP contribution in [-0.2, 0) is 9.53 Å². The maximum absolute atomic E-state index is 11.5. The van der Waals surface area contributed by atoms with E-state index in [0.29, 0.717) is 13.0 Å². The molecule has 0 saturated heterocycles. The molecule has 0 aromatic carbocycles. The van der Waals surface area contributed by atoms with Crippen LogP contribution in [0.1, 0.15) is 84.5 Å². The quantitative estimate of drug-likeness (QED) is 0.224. The summed E-state index contributed by atoms with van der Waals surface area (Å²) in [6.07, 6.45) is 20.8. The Kier molecular flexibility index (Phi) is 16.2. The highest BCUT2D eigenvalue weighted by Crippen LogP contribution is 2.09. The molecular formula is C19H34O2. The molecule has 2 heteroatoms. The van der Waals surface area contributed by atoms with E-state index in [1.165, 1.54) is 32.1 Å². The van der Waals surface area contributed by atoms with Gasteiger partial charge in [0.05, 0.1) is 6.61 Å². The van der Waals surface area contributed by atoms with Crippen LogP contribution in [0.4, 0.5) is 0 Å². The SMILES string of the molecule is CC=CCCCCCCCCC(=O)OCCCC/C=C/C. The Hall–Kier alpha value is -1.05. The van der Waals surface area contributed by atoms with Crippen LogP contribution in [0.15, 0.2) is 24.3 Å². The molecule has 0 aliphatic rings. The third kappa shape index (κ3) is 16.9. The number of esters is 1. The Balaban J connectivity index is 3.19. The van der Waals surface area contributed by atoms with Crippen molar-refractivity contribution in [2.75, 3.05) is 6.61 Å². The summed E-state index contributed by atoms with van der Waals surface area (Å²) in [6, 6.07) is 0. The molecule has 0 aliphatic heterocycles. The number of carbonyl (C=O) groups is 1. The molecule has 0 unspecified atom stereocenters. The van der Waals surface area contributed by atoms with Crippen molar-refractivity contribution in [1.82, 2.24) is 0 Å². The Morgan fingerprint density at radius 3 is 1.90 bits per heavy atom. The van der Waals surface area contributed by atoms with Gasteiger partial charge in [0.25, 0.3) is 0 Å². The summed E-state index contributed by atoms with van der Waals surface area (Å²) < 4.78 is 5.22. The first-order valence-electron chi connectivity index (χ1n) is 8.69. The predicted octanol–water partition coefficient (Wildman–Crippen LogP) is 5.97. The largest absolute Gasteiger partial charge is 0.466 e. The molecule has 0 atom stereocenters. The van der Waals surface area contributed by atoms with E-state index in [-0.39, 0.29) is 5.97 Å². The van der Waals surface area contributed by atoms with Crippen LogP contribution in [0.2, 0.25) is 0 Å². The summed E-state index contributed by atoms with van der Waals surface area (Å²) in [5, 5.41) is 0. The molecule has 0 amide bonds. The van der Waals surface area contributed by atoms with Crippen LogP contribution in [0.5, 0.6) is 0 Å². The van der Waals surface area contributed by atoms with Gasteiger partial charge in [0.1, 0.15) is 0 Å². The van der Waals surface area contributed by atoms with Gasteiger partial charge in [0.2, 0.25) is 0 Å². The van der Waals surface area contributed by atoms with E-state index in [2.05, 4.69) is 31.2 Å². The number of ether oxygens (including phenoxy) is 1. The molecule has 0 rings (SSSR count). The predicted molar refractivity (Wildman–Crippen MR) is 91.4 cm³/mol. The number of rotatable bonds is 14. The van der Waals surface area contributed by atoms with Gasteiger partial charge in [0, 0.05) is 6.42 Å². The lowest BCUT2D eigenvalue weighted by Crippen LogP contribution is -2.05. The molecule has 2 nitrogen and oxygen atoms in total. The monoisotopic (exact) mass is 294 g/mol. The van der Waals surface area contributed by atoms with Gasteiger partial charge in [-0.2, -0.15) is 0 Å². The molecule has 0 aliphatic carbocycles. The highest BCUT2D eigenvalue weighted by molar-refractivity contribution is 5.69. The van der Waals surface area contributed by atoms with E-state index in [1.54, 1.807) is 0 Å². The summed E-state index contributed by atoms with van der Waals surface area (Å²) in [6.45, 7) is 4.69. The summed E-state index contributed by atoms with van der Waals surface area (Å²) in [4.78, 5) is 11.5. The second-order valence-corrected chi connectivity index (χ2v) is 5.51. The molecule has 0 heterocycles. The molecule has 0 spiro atoms. The standard InChI is InChI=1S/C19H34O2/c1-3-5-7-9-10-11-12-13-15-17-19(20)21-18-16-14-8-6-4-2/h3-6H,7-18H2,1-2H3/b5-3?,6-4+. The Morgan fingerprint density at radius 1 is 0.762 bits per heavy atom. The lowest BCUT2D eigenvalue weighted by Gasteiger charge is -2.04. The van der Waals surface area contributed by atoms with Crippen LogP contribution < -0.4 is 0 Å². The molecule has 122 valence electrons. The van der Waals surface area contributed by atoms with Gasteiger partial charge in [-0.05, 0) is 52.4 Å². The fourth-order valence-corrected chi connectivity index (χ4v) is 2.19. The second-order valence-electron chi connectivity index (χ2n) is 5.51. The van der Waals surface area contributed by atoms with Gasteiger partial charge in [0.15, 0.2) is 0 Å². The van der Waals surface area contributed by atoms with E-state index in [4.69, 9.17) is 4.74 Å². The summed E-state index contributed by atoms with van der Waals surface area (Å²) in [7, 11) is 0. The zero-order valence-electron chi connectivity index (χ0n) is 14.1. The first-order chi connectivity index (χ1) is 10.3. The first-order valence-corrected chi connectivity index (χ1v) is 8.69. The van der Waals surface area contributed by atoms with Crippen molar-refractivity contribution < 1.29 is 9.53 Å².